The maximum Gasteiger partial charge on any atom is 0.262 e. The molecular formula is C11H16N2OS. The summed E-state index contributed by atoms with van der Waals surface area (Å²) in [6.45, 7) is 5.91. The van der Waals surface area contributed by atoms with Crippen LogP contribution in [0.1, 0.15) is 28.6 Å². The number of carbonyl (C=O) groups is 1. The van der Waals surface area contributed by atoms with Gasteiger partial charge in [0.2, 0.25) is 0 Å². The Kier molecular flexibility index (Phi) is 2.80. The summed E-state index contributed by atoms with van der Waals surface area (Å²) >= 11 is 1.51. The highest BCUT2D eigenvalue weighted by molar-refractivity contribution is 7.12. The molecule has 0 spiro atoms. The zero-order valence-electron chi connectivity index (χ0n) is 9.09. The number of amides is 1. The summed E-state index contributed by atoms with van der Waals surface area (Å²) < 4.78 is 0. The topological polar surface area (TPSA) is 41.1 Å². The molecule has 0 saturated carbocycles. The van der Waals surface area contributed by atoms with E-state index < -0.39 is 0 Å². The fourth-order valence-electron chi connectivity index (χ4n) is 1.86. The molecule has 1 atom stereocenters. The van der Waals surface area contributed by atoms with Gasteiger partial charge in [-0.05, 0) is 43.8 Å². The highest BCUT2D eigenvalue weighted by atomic mass is 32.1. The van der Waals surface area contributed by atoms with Crippen molar-refractivity contribution in [2.24, 2.45) is 0 Å². The molecule has 0 radical (unpaired) electrons. The smallest absolute Gasteiger partial charge is 0.262 e. The van der Waals surface area contributed by atoms with Gasteiger partial charge in [-0.3, -0.25) is 4.79 Å². The van der Waals surface area contributed by atoms with Crippen LogP contribution in [0, 0.1) is 6.92 Å². The molecule has 1 saturated heterocycles. The number of rotatable bonds is 2. The molecule has 1 fully saturated rings. The highest BCUT2D eigenvalue weighted by Gasteiger charge is 2.30. The first kappa shape index (κ1) is 10.6. The Morgan fingerprint density at radius 3 is 3.00 bits per heavy atom. The van der Waals surface area contributed by atoms with Gasteiger partial charge in [0.1, 0.15) is 0 Å². The third-order valence-electron chi connectivity index (χ3n) is 2.85. The monoisotopic (exact) mass is 224 g/mol. The van der Waals surface area contributed by atoms with E-state index in [2.05, 4.69) is 17.6 Å². The summed E-state index contributed by atoms with van der Waals surface area (Å²) in [4.78, 5) is 12.8. The number of nitrogens with one attached hydrogen (secondary N) is 2. The summed E-state index contributed by atoms with van der Waals surface area (Å²) in [5.41, 5.74) is 0.986. The molecule has 1 aromatic rings. The molecule has 2 rings (SSSR count). The zero-order valence-corrected chi connectivity index (χ0v) is 9.91. The lowest BCUT2D eigenvalue weighted by Gasteiger charge is -2.24. The van der Waals surface area contributed by atoms with Crippen LogP contribution < -0.4 is 10.6 Å². The Bertz CT molecular complexity index is 366. The van der Waals surface area contributed by atoms with Crippen LogP contribution in [0.4, 0.5) is 0 Å². The first-order valence-electron chi connectivity index (χ1n) is 5.18. The molecule has 82 valence electrons. The third-order valence-corrected chi connectivity index (χ3v) is 3.87. The number of hydrogen-bond acceptors (Lipinski definition) is 3. The van der Waals surface area contributed by atoms with Crippen LogP contribution in [0.25, 0.3) is 0 Å². The van der Waals surface area contributed by atoms with E-state index in [1.807, 2.05) is 18.4 Å². The molecule has 1 aromatic heterocycles. The van der Waals surface area contributed by atoms with Crippen LogP contribution in [0.15, 0.2) is 11.4 Å². The number of aryl methyl sites for hydroxylation is 1. The van der Waals surface area contributed by atoms with Gasteiger partial charge in [-0.1, -0.05) is 0 Å². The van der Waals surface area contributed by atoms with Gasteiger partial charge in [0, 0.05) is 6.54 Å². The minimum atomic E-state index is -0.0759. The Morgan fingerprint density at radius 1 is 1.67 bits per heavy atom. The lowest BCUT2D eigenvalue weighted by Crippen LogP contribution is -2.47. The zero-order chi connectivity index (χ0) is 10.9. The standard InChI is InChI=1S/C11H16N2OS/c1-8-3-6-15-9(8)10(14)13-11(2)4-5-12-7-11/h3,6,12H,4-5,7H2,1-2H3,(H,13,14). The molecule has 0 bridgehead atoms. The average molecular weight is 224 g/mol. The SMILES string of the molecule is Cc1ccsc1C(=O)NC1(C)CCNC1. The quantitative estimate of drug-likeness (QED) is 0.800. The van der Waals surface area contributed by atoms with Gasteiger partial charge in [0.25, 0.3) is 5.91 Å². The Morgan fingerprint density at radius 2 is 2.47 bits per heavy atom. The van der Waals surface area contributed by atoms with Crippen molar-refractivity contribution < 1.29 is 4.79 Å². The second-order valence-corrected chi connectivity index (χ2v) is 5.29. The first-order valence-corrected chi connectivity index (χ1v) is 6.06. The molecule has 3 nitrogen and oxygen atoms in total. The molecular weight excluding hydrogens is 208 g/mol. The molecule has 1 amide bonds. The van der Waals surface area contributed by atoms with Gasteiger partial charge in [-0.15, -0.1) is 11.3 Å². The Labute approximate surface area is 93.9 Å². The lowest BCUT2D eigenvalue weighted by atomic mass is 10.0. The van der Waals surface area contributed by atoms with E-state index in [0.717, 1.165) is 30.0 Å². The molecule has 0 aromatic carbocycles. The van der Waals surface area contributed by atoms with E-state index in [4.69, 9.17) is 0 Å². The third kappa shape index (κ3) is 2.21. The van der Waals surface area contributed by atoms with Crippen molar-refractivity contribution in [2.45, 2.75) is 25.8 Å². The number of carbonyl (C=O) groups excluding carboxylic acids is 1. The molecule has 1 aliphatic heterocycles. The van der Waals surface area contributed by atoms with Gasteiger partial charge in [-0.2, -0.15) is 0 Å². The van der Waals surface area contributed by atoms with Gasteiger partial charge >= 0.3 is 0 Å². The van der Waals surface area contributed by atoms with E-state index in [-0.39, 0.29) is 11.4 Å². The second-order valence-electron chi connectivity index (χ2n) is 4.37. The summed E-state index contributed by atoms with van der Waals surface area (Å²) in [7, 11) is 0. The van der Waals surface area contributed by atoms with Crippen LogP contribution in [0.5, 0.6) is 0 Å². The fraction of sp³-hybridized carbons (Fsp3) is 0.545. The Balaban J connectivity index is 2.07. The van der Waals surface area contributed by atoms with Gasteiger partial charge in [0.05, 0.1) is 10.4 Å². The number of thiophene rings is 1. The lowest BCUT2D eigenvalue weighted by molar-refractivity contribution is 0.0917. The van der Waals surface area contributed by atoms with Gasteiger partial charge < -0.3 is 10.6 Å². The fourth-order valence-corrected chi connectivity index (χ4v) is 2.68. The summed E-state index contributed by atoms with van der Waals surface area (Å²) in [6, 6.07) is 1.98. The number of hydrogen-bond donors (Lipinski definition) is 2. The predicted molar refractivity (Wildman–Crippen MR) is 62.4 cm³/mol. The summed E-state index contributed by atoms with van der Waals surface area (Å²) in [6.07, 6.45) is 1.00. The highest BCUT2D eigenvalue weighted by Crippen LogP contribution is 2.19. The normalized spacial score (nSPS) is 25.5. The molecule has 1 aliphatic rings. The Hall–Kier alpha value is -0.870. The van der Waals surface area contributed by atoms with E-state index in [1.165, 1.54) is 11.3 Å². The minimum Gasteiger partial charge on any atom is -0.345 e. The second kappa shape index (κ2) is 3.94. The first-order chi connectivity index (χ1) is 7.11. The van der Waals surface area contributed by atoms with Crippen molar-refractivity contribution in [3.05, 3.63) is 21.9 Å². The van der Waals surface area contributed by atoms with Crippen molar-refractivity contribution >= 4 is 17.2 Å². The molecule has 2 heterocycles. The van der Waals surface area contributed by atoms with Gasteiger partial charge in [0.15, 0.2) is 0 Å². The van der Waals surface area contributed by atoms with E-state index in [1.54, 1.807) is 0 Å². The summed E-state index contributed by atoms with van der Waals surface area (Å²) in [5.74, 6) is 0.0636. The van der Waals surface area contributed by atoms with Crippen molar-refractivity contribution in [2.75, 3.05) is 13.1 Å². The van der Waals surface area contributed by atoms with Crippen LogP contribution in [0.3, 0.4) is 0 Å². The summed E-state index contributed by atoms with van der Waals surface area (Å²) in [5, 5.41) is 8.33. The van der Waals surface area contributed by atoms with Crippen molar-refractivity contribution in [3.63, 3.8) is 0 Å². The molecule has 4 heteroatoms. The molecule has 2 N–H and O–H groups in total. The van der Waals surface area contributed by atoms with E-state index in [9.17, 15) is 4.79 Å². The molecule has 15 heavy (non-hydrogen) atoms. The van der Waals surface area contributed by atoms with Crippen molar-refractivity contribution in [3.8, 4) is 0 Å². The van der Waals surface area contributed by atoms with Gasteiger partial charge in [-0.25, -0.2) is 0 Å². The maximum atomic E-state index is 12.0. The van der Waals surface area contributed by atoms with Crippen molar-refractivity contribution in [1.29, 1.82) is 0 Å². The average Bonchev–Trinajstić information content (AvgIpc) is 2.74. The van der Waals surface area contributed by atoms with Crippen LogP contribution in [0.2, 0.25) is 0 Å². The van der Waals surface area contributed by atoms with Crippen LogP contribution in [-0.4, -0.2) is 24.5 Å². The van der Waals surface area contributed by atoms with Crippen LogP contribution in [-0.2, 0) is 0 Å². The largest absolute Gasteiger partial charge is 0.345 e. The predicted octanol–water partition coefficient (Wildman–Crippen LogP) is 1.54. The van der Waals surface area contributed by atoms with Crippen LogP contribution >= 0.6 is 11.3 Å². The minimum absolute atomic E-state index is 0.0636. The maximum absolute atomic E-state index is 12.0. The molecule has 1 unspecified atom stereocenters. The van der Waals surface area contributed by atoms with E-state index in [0.29, 0.717) is 0 Å². The van der Waals surface area contributed by atoms with E-state index >= 15 is 0 Å². The molecule has 0 aliphatic carbocycles. The van der Waals surface area contributed by atoms with Crippen molar-refractivity contribution in [1.82, 2.24) is 10.6 Å².